The van der Waals surface area contributed by atoms with Gasteiger partial charge in [-0.05, 0) is 17.0 Å². The molecule has 0 radical (unpaired) electrons. The second-order valence-corrected chi connectivity index (χ2v) is 4.59. The van der Waals surface area contributed by atoms with Gasteiger partial charge in [0, 0.05) is 0 Å². The lowest BCUT2D eigenvalue weighted by Crippen LogP contribution is -1.87. The summed E-state index contributed by atoms with van der Waals surface area (Å²) in [6.45, 7) is 0. The van der Waals surface area contributed by atoms with E-state index < -0.39 is 0 Å². The molecular weight excluding hydrogens is 232 g/mol. The lowest BCUT2D eigenvalue weighted by Gasteiger charge is -1.94. The first kappa shape index (κ1) is 10.2. The molecule has 0 N–H and O–H groups in total. The van der Waals surface area contributed by atoms with E-state index in [9.17, 15) is 0 Å². The van der Waals surface area contributed by atoms with Gasteiger partial charge in [0.05, 0.1) is 11.3 Å². The van der Waals surface area contributed by atoms with Crippen molar-refractivity contribution in [3.8, 4) is 10.8 Å². The third-order valence-electron chi connectivity index (χ3n) is 2.40. The molecule has 84 valence electrons. The Labute approximate surface area is 103 Å². The highest BCUT2D eigenvalue weighted by molar-refractivity contribution is 7.13. The van der Waals surface area contributed by atoms with Gasteiger partial charge in [0.25, 0.3) is 5.89 Å². The van der Waals surface area contributed by atoms with E-state index >= 15 is 0 Å². The molecule has 0 saturated carbocycles. The van der Waals surface area contributed by atoms with Gasteiger partial charge in [-0.3, -0.25) is 0 Å². The van der Waals surface area contributed by atoms with Crippen LogP contribution in [0.25, 0.3) is 10.8 Å². The number of benzene rings is 1. The minimum atomic E-state index is 0.603. The fourth-order valence-corrected chi connectivity index (χ4v) is 2.24. The SMILES string of the molecule is c1ccc(Cc2nnc(-c3cccs3)o2)cc1. The number of thiophene rings is 1. The molecular formula is C13H10N2OS. The van der Waals surface area contributed by atoms with Crippen LogP contribution in [0, 0.1) is 0 Å². The maximum Gasteiger partial charge on any atom is 0.257 e. The third-order valence-corrected chi connectivity index (χ3v) is 3.25. The van der Waals surface area contributed by atoms with Crippen LogP contribution >= 0.6 is 11.3 Å². The van der Waals surface area contributed by atoms with E-state index in [0.717, 1.165) is 4.88 Å². The van der Waals surface area contributed by atoms with Crippen molar-refractivity contribution in [2.24, 2.45) is 0 Å². The number of aromatic nitrogens is 2. The van der Waals surface area contributed by atoms with Gasteiger partial charge >= 0.3 is 0 Å². The molecule has 0 saturated heterocycles. The number of rotatable bonds is 3. The Bertz CT molecular complexity index is 587. The van der Waals surface area contributed by atoms with Gasteiger partial charge in [0.1, 0.15) is 0 Å². The summed E-state index contributed by atoms with van der Waals surface area (Å²) in [5.74, 6) is 1.26. The average Bonchev–Trinajstić information content (AvgIpc) is 3.00. The van der Waals surface area contributed by atoms with Crippen LogP contribution in [0.15, 0.2) is 52.3 Å². The van der Waals surface area contributed by atoms with Crippen molar-refractivity contribution in [2.75, 3.05) is 0 Å². The first-order valence-corrected chi connectivity index (χ1v) is 6.20. The average molecular weight is 242 g/mol. The Balaban J connectivity index is 1.82. The van der Waals surface area contributed by atoms with Crippen molar-refractivity contribution in [3.63, 3.8) is 0 Å². The van der Waals surface area contributed by atoms with Crippen LogP contribution in [0.3, 0.4) is 0 Å². The lowest BCUT2D eigenvalue weighted by molar-refractivity contribution is 0.519. The molecule has 0 aliphatic heterocycles. The molecule has 0 fully saturated rings. The van der Waals surface area contributed by atoms with Crippen molar-refractivity contribution in [3.05, 3.63) is 59.3 Å². The first-order valence-electron chi connectivity index (χ1n) is 5.32. The Morgan fingerprint density at radius 1 is 1.00 bits per heavy atom. The van der Waals surface area contributed by atoms with Gasteiger partial charge in [-0.2, -0.15) is 0 Å². The topological polar surface area (TPSA) is 38.9 Å². The molecule has 1 aromatic carbocycles. The molecule has 0 unspecified atom stereocenters. The van der Waals surface area contributed by atoms with Crippen molar-refractivity contribution >= 4 is 11.3 Å². The first-order chi connectivity index (χ1) is 8.42. The Morgan fingerprint density at radius 3 is 2.65 bits per heavy atom. The van der Waals surface area contributed by atoms with Crippen molar-refractivity contribution < 1.29 is 4.42 Å². The molecule has 17 heavy (non-hydrogen) atoms. The molecule has 0 spiro atoms. The van der Waals surface area contributed by atoms with Crippen LogP contribution in [0.2, 0.25) is 0 Å². The maximum atomic E-state index is 5.62. The van der Waals surface area contributed by atoms with Crippen LogP contribution < -0.4 is 0 Å². The van der Waals surface area contributed by atoms with E-state index in [2.05, 4.69) is 22.3 Å². The third kappa shape index (κ3) is 2.26. The van der Waals surface area contributed by atoms with Crippen molar-refractivity contribution in [1.29, 1.82) is 0 Å². The molecule has 0 aliphatic carbocycles. The summed E-state index contributed by atoms with van der Waals surface area (Å²) in [6, 6.07) is 14.1. The van der Waals surface area contributed by atoms with Gasteiger partial charge in [-0.15, -0.1) is 21.5 Å². The van der Waals surface area contributed by atoms with Crippen LogP contribution in [0.5, 0.6) is 0 Å². The van der Waals surface area contributed by atoms with Gasteiger partial charge < -0.3 is 4.42 Å². The zero-order valence-corrected chi connectivity index (χ0v) is 9.85. The normalized spacial score (nSPS) is 10.6. The van der Waals surface area contributed by atoms with E-state index in [1.54, 1.807) is 11.3 Å². The summed E-state index contributed by atoms with van der Waals surface area (Å²) in [6.07, 6.45) is 0.680. The highest BCUT2D eigenvalue weighted by Crippen LogP contribution is 2.23. The second-order valence-electron chi connectivity index (χ2n) is 3.64. The monoisotopic (exact) mass is 242 g/mol. The molecule has 3 nitrogen and oxygen atoms in total. The quantitative estimate of drug-likeness (QED) is 0.706. The zero-order chi connectivity index (χ0) is 11.5. The highest BCUT2D eigenvalue weighted by atomic mass is 32.1. The van der Waals surface area contributed by atoms with Gasteiger partial charge in [-0.1, -0.05) is 36.4 Å². The molecule has 0 aliphatic rings. The van der Waals surface area contributed by atoms with Gasteiger partial charge in [0.15, 0.2) is 0 Å². The van der Waals surface area contributed by atoms with Crippen LogP contribution in [-0.2, 0) is 6.42 Å². The van der Waals surface area contributed by atoms with E-state index in [0.29, 0.717) is 18.2 Å². The number of hydrogen-bond acceptors (Lipinski definition) is 4. The highest BCUT2D eigenvalue weighted by Gasteiger charge is 2.09. The fourth-order valence-electron chi connectivity index (χ4n) is 1.60. The minimum absolute atomic E-state index is 0.603. The van der Waals surface area contributed by atoms with Crippen LogP contribution in [-0.4, -0.2) is 10.2 Å². The summed E-state index contributed by atoms with van der Waals surface area (Å²) < 4.78 is 5.62. The summed E-state index contributed by atoms with van der Waals surface area (Å²) in [4.78, 5) is 1.01. The van der Waals surface area contributed by atoms with E-state index in [4.69, 9.17) is 4.42 Å². The predicted molar refractivity (Wildman–Crippen MR) is 66.9 cm³/mol. The largest absolute Gasteiger partial charge is 0.420 e. The summed E-state index contributed by atoms with van der Waals surface area (Å²) >= 11 is 1.60. The van der Waals surface area contributed by atoms with Crippen LogP contribution in [0.4, 0.5) is 0 Å². The number of nitrogens with zero attached hydrogens (tertiary/aromatic N) is 2. The van der Waals surface area contributed by atoms with Crippen LogP contribution in [0.1, 0.15) is 11.5 Å². The van der Waals surface area contributed by atoms with Crippen molar-refractivity contribution in [2.45, 2.75) is 6.42 Å². The second kappa shape index (κ2) is 4.51. The Hall–Kier alpha value is -1.94. The smallest absolute Gasteiger partial charge is 0.257 e. The van der Waals surface area contributed by atoms with Gasteiger partial charge in [-0.25, -0.2) is 0 Å². The summed E-state index contributed by atoms with van der Waals surface area (Å²) in [7, 11) is 0. The molecule has 4 heteroatoms. The summed E-state index contributed by atoms with van der Waals surface area (Å²) in [5.41, 5.74) is 1.17. The maximum absolute atomic E-state index is 5.62. The lowest BCUT2D eigenvalue weighted by atomic mass is 10.2. The minimum Gasteiger partial charge on any atom is -0.420 e. The molecule has 3 aromatic rings. The number of hydrogen-bond donors (Lipinski definition) is 0. The Kier molecular flexibility index (Phi) is 2.71. The molecule has 3 rings (SSSR count). The molecule has 0 atom stereocenters. The molecule has 0 bridgehead atoms. The molecule has 2 aromatic heterocycles. The molecule has 0 amide bonds. The Morgan fingerprint density at radius 2 is 1.88 bits per heavy atom. The van der Waals surface area contributed by atoms with E-state index in [1.165, 1.54) is 5.56 Å². The molecule has 2 heterocycles. The van der Waals surface area contributed by atoms with E-state index in [-0.39, 0.29) is 0 Å². The zero-order valence-electron chi connectivity index (χ0n) is 9.04. The van der Waals surface area contributed by atoms with Gasteiger partial charge in [0.2, 0.25) is 5.89 Å². The summed E-state index contributed by atoms with van der Waals surface area (Å²) in [5, 5.41) is 10.1. The standard InChI is InChI=1S/C13H10N2OS/c1-2-5-10(6-3-1)9-12-14-15-13(16-12)11-7-4-8-17-11/h1-8H,9H2. The fraction of sp³-hybridized carbons (Fsp3) is 0.0769. The predicted octanol–water partition coefficient (Wildman–Crippen LogP) is 3.39. The van der Waals surface area contributed by atoms with E-state index in [1.807, 2.05) is 35.7 Å². The van der Waals surface area contributed by atoms with Crippen molar-refractivity contribution in [1.82, 2.24) is 10.2 Å².